The summed E-state index contributed by atoms with van der Waals surface area (Å²) >= 11 is 0. The summed E-state index contributed by atoms with van der Waals surface area (Å²) in [7, 11) is 3.04. The minimum Gasteiger partial charge on any atom is -0.493 e. The van der Waals surface area contributed by atoms with Gasteiger partial charge in [-0.1, -0.05) is 12.1 Å². The molecular formula is C25H29N5O5. The van der Waals surface area contributed by atoms with Gasteiger partial charge in [-0.05, 0) is 30.2 Å². The number of hydrogen-bond acceptors (Lipinski definition) is 7. The van der Waals surface area contributed by atoms with Gasteiger partial charge in [-0.3, -0.25) is 19.0 Å². The van der Waals surface area contributed by atoms with Crippen LogP contribution in [0, 0.1) is 0 Å². The number of aryl methyl sites for hydroxylation is 1. The van der Waals surface area contributed by atoms with Gasteiger partial charge < -0.3 is 25.0 Å². The molecule has 4 rings (SSSR count). The minimum absolute atomic E-state index is 0.0225. The molecule has 1 aliphatic rings. The molecule has 0 radical (unpaired) electrons. The van der Waals surface area contributed by atoms with Gasteiger partial charge in [0.1, 0.15) is 0 Å². The van der Waals surface area contributed by atoms with Crippen LogP contribution < -0.4 is 30.6 Å². The highest BCUT2D eigenvalue weighted by molar-refractivity contribution is 5.83. The molecule has 2 amide bonds. The molecule has 2 heterocycles. The normalized spacial score (nSPS) is 13.4. The molecule has 3 aromatic rings. The summed E-state index contributed by atoms with van der Waals surface area (Å²) in [5.74, 6) is 0.907. The molecule has 1 saturated heterocycles. The van der Waals surface area contributed by atoms with Crippen molar-refractivity contribution in [3.8, 4) is 11.5 Å². The molecule has 2 aromatic carbocycles. The second-order valence-corrected chi connectivity index (χ2v) is 8.29. The number of piperazine rings is 1. The van der Waals surface area contributed by atoms with E-state index in [2.05, 4.69) is 15.6 Å². The smallest absolute Gasteiger partial charge is 0.261 e. The van der Waals surface area contributed by atoms with Gasteiger partial charge in [0.05, 0.1) is 38.0 Å². The number of aromatic nitrogens is 2. The van der Waals surface area contributed by atoms with Gasteiger partial charge in [0.25, 0.3) is 5.56 Å². The van der Waals surface area contributed by atoms with E-state index < -0.39 is 0 Å². The average Bonchev–Trinajstić information content (AvgIpc) is 2.88. The van der Waals surface area contributed by atoms with E-state index >= 15 is 0 Å². The summed E-state index contributed by atoms with van der Waals surface area (Å²) < 4.78 is 12.0. The van der Waals surface area contributed by atoms with Crippen LogP contribution in [0.25, 0.3) is 10.9 Å². The number of carbonyl (C=O) groups is 2. The number of anilines is 1. The highest BCUT2D eigenvalue weighted by Crippen LogP contribution is 2.29. The second kappa shape index (κ2) is 10.9. The van der Waals surface area contributed by atoms with Crippen LogP contribution in [0.1, 0.15) is 18.4 Å². The molecule has 0 unspecified atom stereocenters. The maximum absolute atomic E-state index is 12.8. The van der Waals surface area contributed by atoms with Crippen LogP contribution in [-0.2, 0) is 22.7 Å². The number of methoxy groups -OCH3 is 2. The van der Waals surface area contributed by atoms with E-state index in [1.165, 1.54) is 25.1 Å². The third-order valence-corrected chi connectivity index (χ3v) is 5.96. The lowest BCUT2D eigenvalue weighted by Crippen LogP contribution is -2.47. The summed E-state index contributed by atoms with van der Waals surface area (Å²) in [4.78, 5) is 43.1. The summed E-state index contributed by atoms with van der Waals surface area (Å²) in [6.45, 7) is 2.56. The van der Waals surface area contributed by atoms with Gasteiger partial charge in [0.2, 0.25) is 11.8 Å². The van der Waals surface area contributed by atoms with Crippen LogP contribution in [-0.4, -0.2) is 55.2 Å². The Morgan fingerprint density at radius 3 is 2.57 bits per heavy atom. The molecule has 0 aliphatic carbocycles. The molecule has 1 fully saturated rings. The number of amides is 2. The SMILES string of the molecule is COc1cc2ncn(CCCC(=O)NCc3ccc(N4CCNC(=O)C4)cc3)c(=O)c2cc1OC. The van der Waals surface area contributed by atoms with Crippen LogP contribution in [0.15, 0.2) is 47.5 Å². The maximum Gasteiger partial charge on any atom is 0.261 e. The maximum atomic E-state index is 12.8. The van der Waals surface area contributed by atoms with Gasteiger partial charge in [-0.15, -0.1) is 0 Å². The number of rotatable bonds is 9. The van der Waals surface area contributed by atoms with Crippen LogP contribution in [0.2, 0.25) is 0 Å². The fraction of sp³-hybridized carbons (Fsp3) is 0.360. The minimum atomic E-state index is -0.192. The van der Waals surface area contributed by atoms with E-state index in [0.29, 0.717) is 55.0 Å². The van der Waals surface area contributed by atoms with Gasteiger partial charge in [0, 0.05) is 44.4 Å². The van der Waals surface area contributed by atoms with Gasteiger partial charge in [0.15, 0.2) is 11.5 Å². The largest absolute Gasteiger partial charge is 0.493 e. The summed E-state index contributed by atoms with van der Waals surface area (Å²) in [6, 6.07) is 11.1. The van der Waals surface area contributed by atoms with E-state index in [-0.39, 0.29) is 23.8 Å². The zero-order valence-electron chi connectivity index (χ0n) is 19.9. The Balaban J connectivity index is 1.28. The number of benzene rings is 2. The highest BCUT2D eigenvalue weighted by Gasteiger charge is 2.16. The Morgan fingerprint density at radius 2 is 1.86 bits per heavy atom. The van der Waals surface area contributed by atoms with E-state index in [4.69, 9.17) is 9.47 Å². The van der Waals surface area contributed by atoms with Crippen molar-refractivity contribution in [3.05, 3.63) is 58.6 Å². The fourth-order valence-electron chi connectivity index (χ4n) is 4.03. The third kappa shape index (κ3) is 5.71. The Hall–Kier alpha value is -4.08. The van der Waals surface area contributed by atoms with E-state index in [9.17, 15) is 14.4 Å². The molecule has 1 aliphatic heterocycles. The van der Waals surface area contributed by atoms with Crippen molar-refractivity contribution in [1.29, 1.82) is 0 Å². The van der Waals surface area contributed by atoms with Crippen molar-refractivity contribution < 1.29 is 19.1 Å². The average molecular weight is 480 g/mol. The molecule has 1 aromatic heterocycles. The molecule has 10 heteroatoms. The van der Waals surface area contributed by atoms with Gasteiger partial charge in [-0.25, -0.2) is 4.98 Å². The lowest BCUT2D eigenvalue weighted by molar-refractivity contribution is -0.121. The van der Waals surface area contributed by atoms with Crippen LogP contribution in [0.5, 0.6) is 11.5 Å². The molecule has 0 spiro atoms. The van der Waals surface area contributed by atoms with Crippen molar-refractivity contribution in [2.45, 2.75) is 25.9 Å². The number of nitrogens with zero attached hydrogens (tertiary/aromatic N) is 3. The van der Waals surface area contributed by atoms with Crippen LogP contribution in [0.3, 0.4) is 0 Å². The van der Waals surface area contributed by atoms with Crippen molar-refractivity contribution >= 4 is 28.4 Å². The fourth-order valence-corrected chi connectivity index (χ4v) is 4.03. The predicted octanol–water partition coefficient (Wildman–Crippen LogP) is 1.45. The summed E-state index contributed by atoms with van der Waals surface area (Å²) in [5.41, 5.74) is 2.29. The number of hydrogen-bond donors (Lipinski definition) is 2. The number of nitrogens with one attached hydrogen (secondary N) is 2. The monoisotopic (exact) mass is 479 g/mol. The zero-order chi connectivity index (χ0) is 24.8. The summed E-state index contributed by atoms with van der Waals surface area (Å²) in [5, 5.41) is 6.16. The lowest BCUT2D eigenvalue weighted by Gasteiger charge is -2.28. The first-order valence-electron chi connectivity index (χ1n) is 11.5. The molecule has 0 saturated carbocycles. The van der Waals surface area contributed by atoms with E-state index in [1.807, 2.05) is 29.2 Å². The lowest BCUT2D eigenvalue weighted by atomic mass is 10.1. The third-order valence-electron chi connectivity index (χ3n) is 5.96. The predicted molar refractivity (Wildman–Crippen MR) is 132 cm³/mol. The standard InChI is InChI=1S/C25H29N5O5/c1-34-21-12-19-20(13-22(21)35-2)28-16-30(25(19)33)10-3-4-23(31)27-14-17-5-7-18(8-6-17)29-11-9-26-24(32)15-29/h5-8,12-13,16H,3-4,9-11,14-15H2,1-2H3,(H,26,32)(H,27,31). The van der Waals surface area contributed by atoms with Gasteiger partial charge >= 0.3 is 0 Å². The number of carbonyl (C=O) groups excluding carboxylic acids is 2. The highest BCUT2D eigenvalue weighted by atomic mass is 16.5. The Kier molecular flexibility index (Phi) is 7.49. The first-order chi connectivity index (χ1) is 17.0. The molecule has 10 nitrogen and oxygen atoms in total. The first-order valence-corrected chi connectivity index (χ1v) is 11.5. The van der Waals surface area contributed by atoms with Crippen molar-refractivity contribution in [1.82, 2.24) is 20.2 Å². The molecule has 184 valence electrons. The quantitative estimate of drug-likeness (QED) is 0.477. The van der Waals surface area contributed by atoms with E-state index in [1.54, 1.807) is 12.1 Å². The van der Waals surface area contributed by atoms with Crippen LogP contribution >= 0.6 is 0 Å². The Morgan fingerprint density at radius 1 is 1.11 bits per heavy atom. The molecule has 2 N–H and O–H groups in total. The zero-order valence-corrected chi connectivity index (χ0v) is 19.9. The molecule has 0 atom stereocenters. The van der Waals surface area contributed by atoms with Gasteiger partial charge in [-0.2, -0.15) is 0 Å². The number of ether oxygens (including phenoxy) is 2. The summed E-state index contributed by atoms with van der Waals surface area (Å²) in [6.07, 6.45) is 2.28. The topological polar surface area (TPSA) is 115 Å². The molecule has 35 heavy (non-hydrogen) atoms. The first kappa shape index (κ1) is 24.1. The van der Waals surface area contributed by atoms with Crippen LogP contribution in [0.4, 0.5) is 5.69 Å². The Bertz CT molecular complexity index is 1270. The Labute approximate surface area is 202 Å². The van der Waals surface area contributed by atoms with Crippen molar-refractivity contribution in [3.63, 3.8) is 0 Å². The second-order valence-electron chi connectivity index (χ2n) is 8.29. The van der Waals surface area contributed by atoms with E-state index in [0.717, 1.165) is 17.8 Å². The van der Waals surface area contributed by atoms with Crippen molar-refractivity contribution in [2.24, 2.45) is 0 Å². The van der Waals surface area contributed by atoms with Crippen molar-refractivity contribution in [2.75, 3.05) is 38.8 Å². The number of fused-ring (bicyclic) bond motifs is 1. The molecule has 0 bridgehead atoms. The molecular weight excluding hydrogens is 450 g/mol.